The maximum atomic E-state index is 6.35. The Morgan fingerprint density at radius 1 is 0.806 bits per heavy atom. The molecule has 6 rings (SSSR count). The summed E-state index contributed by atoms with van der Waals surface area (Å²) in [7, 11) is 0. The molecule has 0 spiro atoms. The Morgan fingerprint density at radius 3 is 2.45 bits per heavy atom. The predicted molar refractivity (Wildman–Crippen MR) is 131 cm³/mol. The maximum Gasteiger partial charge on any atom is 0.144 e. The van der Waals surface area contributed by atoms with Crippen LogP contribution in [0.15, 0.2) is 76.1 Å². The summed E-state index contributed by atoms with van der Waals surface area (Å²) in [4.78, 5) is 5.12. The van der Waals surface area contributed by atoms with Crippen molar-refractivity contribution in [2.45, 2.75) is 34.1 Å². The second kappa shape index (κ2) is 6.31. The third-order valence-electron chi connectivity index (χ3n) is 6.19. The summed E-state index contributed by atoms with van der Waals surface area (Å²) in [5, 5.41) is 4.90. The fourth-order valence-electron chi connectivity index (χ4n) is 5.00. The van der Waals surface area contributed by atoms with Crippen LogP contribution < -0.4 is 0 Å². The lowest BCUT2D eigenvalue weighted by Crippen LogP contribution is -2.09. The zero-order chi connectivity index (χ0) is 21.3. The molecule has 0 atom stereocenters. The van der Waals surface area contributed by atoms with Gasteiger partial charge in [-0.15, -0.1) is 0 Å². The molecule has 2 heterocycles. The smallest absolute Gasteiger partial charge is 0.144 e. The number of aryl methyl sites for hydroxylation is 1. The van der Waals surface area contributed by atoms with E-state index in [-0.39, 0.29) is 5.41 Å². The summed E-state index contributed by atoms with van der Waals surface area (Å²) in [6.07, 6.45) is 1.04. The van der Waals surface area contributed by atoms with E-state index < -0.39 is 0 Å². The van der Waals surface area contributed by atoms with Gasteiger partial charge in [-0.3, -0.25) is 0 Å². The lowest BCUT2D eigenvalue weighted by atomic mass is 9.85. The minimum atomic E-state index is 0.235. The van der Waals surface area contributed by atoms with Gasteiger partial charge in [0.25, 0.3) is 0 Å². The van der Waals surface area contributed by atoms with Gasteiger partial charge in [-0.25, -0.2) is 4.99 Å². The molecular formula is C29H25NO. The van der Waals surface area contributed by atoms with Crippen molar-refractivity contribution in [1.29, 1.82) is 0 Å². The second-order valence-electron chi connectivity index (χ2n) is 9.96. The van der Waals surface area contributed by atoms with Crippen molar-refractivity contribution in [2.75, 3.05) is 0 Å². The van der Waals surface area contributed by atoms with E-state index in [0.717, 1.165) is 45.3 Å². The Balaban J connectivity index is 1.61. The first-order valence-electron chi connectivity index (χ1n) is 10.9. The maximum absolute atomic E-state index is 6.35. The highest BCUT2D eigenvalue weighted by atomic mass is 16.3. The molecule has 0 N–H and O–H groups in total. The SMILES string of the molecule is Cc1cc(C2=Nc3ccc(CC(C)(C)C)c4cccc2c34)c2oc3ccccc3c2c1. The predicted octanol–water partition coefficient (Wildman–Crippen LogP) is 8.12. The van der Waals surface area contributed by atoms with E-state index in [2.05, 4.69) is 82.3 Å². The molecule has 1 aromatic heterocycles. The summed E-state index contributed by atoms with van der Waals surface area (Å²) < 4.78 is 6.35. The molecule has 5 aromatic rings. The second-order valence-corrected chi connectivity index (χ2v) is 9.96. The minimum absolute atomic E-state index is 0.235. The van der Waals surface area contributed by atoms with Gasteiger partial charge in [0.1, 0.15) is 11.2 Å². The zero-order valence-corrected chi connectivity index (χ0v) is 18.4. The summed E-state index contributed by atoms with van der Waals surface area (Å²) in [6.45, 7) is 9.03. The Bertz CT molecular complexity index is 1540. The number of benzene rings is 4. The average Bonchev–Trinajstić information content (AvgIpc) is 3.28. The molecule has 0 aliphatic carbocycles. The number of fused-ring (bicyclic) bond motifs is 3. The van der Waals surface area contributed by atoms with Crippen LogP contribution in [0.4, 0.5) is 5.69 Å². The topological polar surface area (TPSA) is 25.5 Å². The fraction of sp³-hybridized carbons (Fsp3) is 0.207. The average molecular weight is 404 g/mol. The lowest BCUT2D eigenvalue weighted by molar-refractivity contribution is 0.412. The molecule has 31 heavy (non-hydrogen) atoms. The molecule has 0 amide bonds. The van der Waals surface area contributed by atoms with Crippen molar-refractivity contribution in [3.63, 3.8) is 0 Å². The van der Waals surface area contributed by atoms with Crippen molar-refractivity contribution in [1.82, 2.24) is 0 Å². The number of furan rings is 1. The molecule has 0 radical (unpaired) electrons. The van der Waals surface area contributed by atoms with Crippen LogP contribution in [0.3, 0.4) is 0 Å². The van der Waals surface area contributed by atoms with Crippen LogP contribution in [0.5, 0.6) is 0 Å². The quantitative estimate of drug-likeness (QED) is 0.286. The summed E-state index contributed by atoms with van der Waals surface area (Å²) >= 11 is 0. The summed E-state index contributed by atoms with van der Waals surface area (Å²) in [6, 6.07) is 23.8. The fourth-order valence-corrected chi connectivity index (χ4v) is 5.00. The molecular weight excluding hydrogens is 378 g/mol. The molecule has 152 valence electrons. The first-order chi connectivity index (χ1) is 14.9. The first-order valence-corrected chi connectivity index (χ1v) is 10.9. The lowest BCUT2D eigenvalue weighted by Gasteiger charge is -2.19. The molecule has 4 aromatic carbocycles. The number of nitrogens with zero attached hydrogens (tertiary/aromatic N) is 1. The van der Waals surface area contributed by atoms with Crippen LogP contribution >= 0.6 is 0 Å². The van der Waals surface area contributed by atoms with Crippen molar-refractivity contribution >= 4 is 44.1 Å². The van der Waals surface area contributed by atoms with Crippen LogP contribution in [0.1, 0.15) is 43.0 Å². The van der Waals surface area contributed by atoms with E-state index in [1.165, 1.54) is 27.5 Å². The van der Waals surface area contributed by atoms with Gasteiger partial charge in [-0.2, -0.15) is 0 Å². The molecule has 1 aliphatic heterocycles. The van der Waals surface area contributed by atoms with Gasteiger partial charge in [0.05, 0.1) is 11.4 Å². The number of hydrogen-bond donors (Lipinski definition) is 0. The van der Waals surface area contributed by atoms with E-state index in [9.17, 15) is 0 Å². The highest BCUT2D eigenvalue weighted by Gasteiger charge is 2.25. The highest BCUT2D eigenvalue weighted by molar-refractivity contribution is 6.30. The third-order valence-corrected chi connectivity index (χ3v) is 6.19. The van der Waals surface area contributed by atoms with E-state index in [4.69, 9.17) is 9.41 Å². The van der Waals surface area contributed by atoms with Gasteiger partial charge in [0.2, 0.25) is 0 Å². The van der Waals surface area contributed by atoms with E-state index in [0.29, 0.717) is 0 Å². The van der Waals surface area contributed by atoms with Gasteiger partial charge in [0.15, 0.2) is 0 Å². The minimum Gasteiger partial charge on any atom is -0.455 e. The normalized spacial score (nSPS) is 13.5. The monoisotopic (exact) mass is 403 g/mol. The summed E-state index contributed by atoms with van der Waals surface area (Å²) in [5.41, 5.74) is 9.04. The van der Waals surface area contributed by atoms with Crippen LogP contribution in [0.25, 0.3) is 32.7 Å². The third kappa shape index (κ3) is 2.82. The van der Waals surface area contributed by atoms with Crippen molar-refractivity contribution < 1.29 is 4.42 Å². The molecule has 0 bridgehead atoms. The van der Waals surface area contributed by atoms with Crippen LogP contribution in [-0.4, -0.2) is 5.71 Å². The summed E-state index contributed by atoms with van der Waals surface area (Å²) in [5.74, 6) is 0. The number of rotatable bonds is 2. The molecule has 0 fully saturated rings. The Hall–Kier alpha value is -3.39. The number of aliphatic imine (C=N–C) groups is 1. The van der Waals surface area contributed by atoms with E-state index in [1.807, 2.05) is 12.1 Å². The highest BCUT2D eigenvalue weighted by Crippen LogP contribution is 2.42. The van der Waals surface area contributed by atoms with Gasteiger partial charge < -0.3 is 4.42 Å². The molecule has 1 aliphatic rings. The Kier molecular flexibility index (Phi) is 3.74. The van der Waals surface area contributed by atoms with Gasteiger partial charge >= 0.3 is 0 Å². The largest absolute Gasteiger partial charge is 0.455 e. The Morgan fingerprint density at radius 2 is 1.61 bits per heavy atom. The number of para-hydroxylation sites is 1. The first kappa shape index (κ1) is 18.4. The molecule has 0 saturated heterocycles. The van der Waals surface area contributed by atoms with E-state index in [1.54, 1.807) is 0 Å². The van der Waals surface area contributed by atoms with Crippen molar-refractivity contribution in [2.24, 2.45) is 10.4 Å². The van der Waals surface area contributed by atoms with E-state index >= 15 is 0 Å². The van der Waals surface area contributed by atoms with Crippen LogP contribution in [-0.2, 0) is 6.42 Å². The van der Waals surface area contributed by atoms with Crippen molar-refractivity contribution in [3.05, 3.63) is 89.0 Å². The van der Waals surface area contributed by atoms with Gasteiger partial charge in [0, 0.05) is 27.3 Å². The van der Waals surface area contributed by atoms with Crippen molar-refractivity contribution in [3.8, 4) is 0 Å². The zero-order valence-electron chi connectivity index (χ0n) is 18.4. The van der Waals surface area contributed by atoms with Gasteiger partial charge in [-0.1, -0.05) is 63.2 Å². The van der Waals surface area contributed by atoms with Crippen LogP contribution in [0, 0.1) is 12.3 Å². The Labute approximate surface area is 182 Å². The standard InChI is InChI=1S/C29H25NO/c1-17-14-22-20-8-5-6-11-25(20)31-28(22)23(15-17)27-21-10-7-9-19-18(16-29(2,3)4)12-13-24(30-27)26(19)21/h5-15H,16H2,1-4H3. The van der Waals surface area contributed by atoms with Gasteiger partial charge in [-0.05, 0) is 59.5 Å². The van der Waals surface area contributed by atoms with Crippen LogP contribution in [0.2, 0.25) is 0 Å². The molecule has 2 nitrogen and oxygen atoms in total. The number of hydrogen-bond acceptors (Lipinski definition) is 2. The molecule has 0 saturated carbocycles. The molecule has 0 unspecified atom stereocenters. The molecule has 2 heteroatoms.